The van der Waals surface area contributed by atoms with Gasteiger partial charge in [-0.1, -0.05) is 31.5 Å². The van der Waals surface area contributed by atoms with Gasteiger partial charge in [0.1, 0.15) is 0 Å². The Morgan fingerprint density at radius 3 is 2.70 bits per heavy atom. The molecule has 1 aromatic carbocycles. The lowest BCUT2D eigenvalue weighted by Gasteiger charge is -2.35. The van der Waals surface area contributed by atoms with Crippen molar-refractivity contribution in [1.29, 1.82) is 0 Å². The minimum atomic E-state index is -0.601. The summed E-state index contributed by atoms with van der Waals surface area (Å²) in [7, 11) is 1.38. The van der Waals surface area contributed by atoms with E-state index in [0.29, 0.717) is 12.1 Å². The topological polar surface area (TPSA) is 46.6 Å². The van der Waals surface area contributed by atoms with E-state index >= 15 is 0 Å². The summed E-state index contributed by atoms with van der Waals surface area (Å²) in [5.74, 6) is -0.279. The summed E-state index contributed by atoms with van der Waals surface area (Å²) < 4.78 is 4.80. The van der Waals surface area contributed by atoms with Gasteiger partial charge in [-0.05, 0) is 25.0 Å². The third-order valence-electron chi connectivity index (χ3n) is 4.03. The van der Waals surface area contributed by atoms with Crippen molar-refractivity contribution in [2.45, 2.75) is 38.6 Å². The van der Waals surface area contributed by atoms with Gasteiger partial charge in [-0.3, -0.25) is 9.59 Å². The first kappa shape index (κ1) is 14.6. The number of hydrogen-bond acceptors (Lipinski definition) is 3. The van der Waals surface area contributed by atoms with Crippen LogP contribution in [0.2, 0.25) is 0 Å². The molecule has 1 aliphatic heterocycles. The summed E-state index contributed by atoms with van der Waals surface area (Å²) in [5, 5.41) is 0. The first-order valence-electron chi connectivity index (χ1n) is 7.03. The zero-order valence-electron chi connectivity index (χ0n) is 12.3. The van der Waals surface area contributed by atoms with Crippen molar-refractivity contribution >= 4 is 11.9 Å². The second kappa shape index (κ2) is 5.65. The Kier molecular flexibility index (Phi) is 4.12. The van der Waals surface area contributed by atoms with Crippen molar-refractivity contribution < 1.29 is 14.3 Å². The second-order valence-corrected chi connectivity index (χ2v) is 5.38. The van der Waals surface area contributed by atoms with Crippen LogP contribution in [-0.2, 0) is 15.1 Å². The Bertz CT molecular complexity index is 526. The minimum absolute atomic E-state index is 0.0143. The molecule has 0 aromatic heterocycles. The van der Waals surface area contributed by atoms with E-state index in [4.69, 9.17) is 4.74 Å². The molecule has 108 valence electrons. The van der Waals surface area contributed by atoms with Crippen LogP contribution in [0.5, 0.6) is 0 Å². The van der Waals surface area contributed by atoms with E-state index < -0.39 is 5.54 Å². The lowest BCUT2D eigenvalue weighted by molar-refractivity contribution is -0.143. The lowest BCUT2D eigenvalue weighted by atomic mass is 9.88. The number of ether oxygens (including phenoxy) is 1. The van der Waals surface area contributed by atoms with Crippen LogP contribution in [0.1, 0.15) is 49.0 Å². The van der Waals surface area contributed by atoms with Crippen molar-refractivity contribution in [1.82, 2.24) is 4.90 Å². The van der Waals surface area contributed by atoms with Gasteiger partial charge in [0.15, 0.2) is 0 Å². The minimum Gasteiger partial charge on any atom is -0.469 e. The fourth-order valence-electron chi connectivity index (χ4n) is 2.86. The normalized spacial score (nSPS) is 20.9. The van der Waals surface area contributed by atoms with Gasteiger partial charge < -0.3 is 9.64 Å². The molecule has 1 atom stereocenters. The predicted octanol–water partition coefficient (Wildman–Crippen LogP) is 2.72. The zero-order chi connectivity index (χ0) is 14.8. The van der Waals surface area contributed by atoms with Crippen LogP contribution in [0.15, 0.2) is 24.3 Å². The zero-order valence-corrected chi connectivity index (χ0v) is 12.3. The summed E-state index contributed by atoms with van der Waals surface area (Å²) in [4.78, 5) is 26.1. The Hall–Kier alpha value is -1.84. The van der Waals surface area contributed by atoms with Gasteiger partial charge >= 0.3 is 5.97 Å². The van der Waals surface area contributed by atoms with E-state index in [1.807, 2.05) is 36.1 Å². The number of fused-ring (bicyclic) bond motifs is 1. The molecule has 0 bridgehead atoms. The van der Waals surface area contributed by atoms with Crippen LogP contribution in [-0.4, -0.2) is 30.4 Å². The molecular weight excluding hydrogens is 254 g/mol. The predicted molar refractivity (Wildman–Crippen MR) is 76.4 cm³/mol. The SMILES string of the molecule is CCCCN1C(=O)c2ccccc2C1(C)CC(=O)OC. The molecule has 0 radical (unpaired) electrons. The molecule has 4 nitrogen and oxygen atoms in total. The van der Waals surface area contributed by atoms with Crippen LogP contribution in [0.25, 0.3) is 0 Å². The molecule has 0 saturated carbocycles. The van der Waals surface area contributed by atoms with Crippen LogP contribution in [0, 0.1) is 0 Å². The molecule has 0 N–H and O–H groups in total. The molecule has 1 unspecified atom stereocenters. The molecule has 0 fully saturated rings. The van der Waals surface area contributed by atoms with E-state index in [1.165, 1.54) is 7.11 Å². The average Bonchev–Trinajstić information content (AvgIpc) is 2.66. The molecule has 1 aliphatic rings. The fourth-order valence-corrected chi connectivity index (χ4v) is 2.86. The molecular formula is C16H21NO3. The summed E-state index contributed by atoms with van der Waals surface area (Å²) >= 11 is 0. The molecule has 0 saturated heterocycles. The Labute approximate surface area is 119 Å². The highest BCUT2D eigenvalue weighted by atomic mass is 16.5. The third-order valence-corrected chi connectivity index (χ3v) is 4.03. The lowest BCUT2D eigenvalue weighted by Crippen LogP contribution is -2.43. The number of benzene rings is 1. The van der Waals surface area contributed by atoms with E-state index in [0.717, 1.165) is 18.4 Å². The van der Waals surface area contributed by atoms with E-state index in [9.17, 15) is 9.59 Å². The van der Waals surface area contributed by atoms with Crippen molar-refractivity contribution in [2.75, 3.05) is 13.7 Å². The fraction of sp³-hybridized carbons (Fsp3) is 0.500. The quantitative estimate of drug-likeness (QED) is 0.776. The highest BCUT2D eigenvalue weighted by Gasteiger charge is 2.47. The van der Waals surface area contributed by atoms with Crippen molar-refractivity contribution in [3.63, 3.8) is 0 Å². The molecule has 4 heteroatoms. The first-order valence-corrected chi connectivity index (χ1v) is 7.03. The second-order valence-electron chi connectivity index (χ2n) is 5.38. The Balaban J connectivity index is 2.41. The van der Waals surface area contributed by atoms with Crippen molar-refractivity contribution in [3.8, 4) is 0 Å². The molecule has 1 heterocycles. The molecule has 0 aliphatic carbocycles. The third kappa shape index (κ3) is 2.30. The molecule has 0 spiro atoms. The summed E-state index contributed by atoms with van der Waals surface area (Å²) in [6.45, 7) is 4.70. The maximum absolute atomic E-state index is 12.6. The number of unbranched alkanes of at least 4 members (excludes halogenated alkanes) is 1. The Morgan fingerprint density at radius 2 is 2.05 bits per heavy atom. The van der Waals surface area contributed by atoms with E-state index in [2.05, 4.69) is 6.92 Å². The van der Waals surface area contributed by atoms with Gasteiger partial charge in [0.05, 0.1) is 19.1 Å². The number of nitrogens with zero attached hydrogens (tertiary/aromatic N) is 1. The van der Waals surface area contributed by atoms with Crippen molar-refractivity contribution in [2.24, 2.45) is 0 Å². The van der Waals surface area contributed by atoms with Gasteiger partial charge in [0.25, 0.3) is 5.91 Å². The highest BCUT2D eigenvalue weighted by Crippen LogP contribution is 2.41. The number of carbonyl (C=O) groups is 2. The van der Waals surface area contributed by atoms with E-state index in [1.54, 1.807) is 0 Å². The largest absolute Gasteiger partial charge is 0.469 e. The number of hydrogen-bond donors (Lipinski definition) is 0. The standard InChI is InChI=1S/C16H21NO3/c1-4-5-10-17-15(19)12-8-6-7-9-13(12)16(17,2)11-14(18)20-3/h6-9H,4-5,10-11H2,1-3H3. The maximum Gasteiger partial charge on any atom is 0.308 e. The smallest absolute Gasteiger partial charge is 0.308 e. The van der Waals surface area contributed by atoms with Gasteiger partial charge in [-0.2, -0.15) is 0 Å². The highest BCUT2D eigenvalue weighted by molar-refractivity contribution is 6.00. The van der Waals surface area contributed by atoms with E-state index in [-0.39, 0.29) is 18.3 Å². The first-order chi connectivity index (χ1) is 9.54. The van der Waals surface area contributed by atoms with Crippen LogP contribution in [0.4, 0.5) is 0 Å². The number of esters is 1. The molecule has 2 rings (SSSR count). The number of methoxy groups -OCH3 is 1. The summed E-state index contributed by atoms with van der Waals surface area (Å²) in [6, 6.07) is 7.53. The molecule has 1 aromatic rings. The maximum atomic E-state index is 12.6. The van der Waals surface area contributed by atoms with Gasteiger partial charge in [0.2, 0.25) is 0 Å². The summed E-state index contributed by atoms with van der Waals surface area (Å²) in [5.41, 5.74) is 1.03. The van der Waals surface area contributed by atoms with Crippen LogP contribution >= 0.6 is 0 Å². The number of carbonyl (C=O) groups excluding carboxylic acids is 2. The average molecular weight is 275 g/mol. The summed E-state index contributed by atoms with van der Waals surface area (Å²) in [6.07, 6.45) is 2.13. The van der Waals surface area contributed by atoms with Gasteiger partial charge in [-0.15, -0.1) is 0 Å². The Morgan fingerprint density at radius 1 is 1.35 bits per heavy atom. The number of rotatable bonds is 5. The van der Waals surface area contributed by atoms with Crippen molar-refractivity contribution in [3.05, 3.63) is 35.4 Å². The van der Waals surface area contributed by atoms with Crippen LogP contribution in [0.3, 0.4) is 0 Å². The molecule has 1 amide bonds. The van der Waals surface area contributed by atoms with Gasteiger partial charge in [0, 0.05) is 12.1 Å². The number of amides is 1. The van der Waals surface area contributed by atoms with Crippen LogP contribution < -0.4 is 0 Å². The monoisotopic (exact) mass is 275 g/mol. The molecule has 20 heavy (non-hydrogen) atoms. The van der Waals surface area contributed by atoms with Gasteiger partial charge in [-0.25, -0.2) is 0 Å².